The summed E-state index contributed by atoms with van der Waals surface area (Å²) in [5, 5.41) is 11.6. The molecule has 144 valence electrons. The highest BCUT2D eigenvalue weighted by Gasteiger charge is 2.52. The molecule has 2 aliphatic carbocycles. The maximum absolute atomic E-state index is 13.0. The highest BCUT2D eigenvalue weighted by Crippen LogP contribution is 2.52. The maximum Gasteiger partial charge on any atom is 0.227 e. The molecular formula is C22H28N2O3. The number of carboxylic acid groups (broad SMARTS) is 1. The van der Waals surface area contributed by atoms with Gasteiger partial charge in [-0.3, -0.25) is 4.79 Å². The second-order valence-electron chi connectivity index (χ2n) is 8.30. The average Bonchev–Trinajstić information content (AvgIpc) is 3.30. The monoisotopic (exact) mass is 368 g/mol. The first-order valence-electron chi connectivity index (χ1n) is 10.2. The zero-order chi connectivity index (χ0) is 18.8. The maximum atomic E-state index is 13.0. The third-order valence-corrected chi connectivity index (χ3v) is 6.77. The number of aliphatic carboxylic acids is 1. The first-order chi connectivity index (χ1) is 13.1. The molecule has 0 unspecified atom stereocenters. The van der Waals surface area contributed by atoms with E-state index in [0.29, 0.717) is 0 Å². The van der Waals surface area contributed by atoms with Gasteiger partial charge in [-0.25, -0.2) is 0 Å². The van der Waals surface area contributed by atoms with Crippen molar-refractivity contribution in [1.29, 1.82) is 0 Å². The summed E-state index contributed by atoms with van der Waals surface area (Å²) in [5.74, 6) is -1.44. The van der Waals surface area contributed by atoms with Crippen LogP contribution in [0.4, 0.5) is 0 Å². The van der Waals surface area contributed by atoms with Crippen LogP contribution in [0.2, 0.25) is 0 Å². The van der Waals surface area contributed by atoms with E-state index in [1.165, 1.54) is 10.5 Å². The summed E-state index contributed by atoms with van der Waals surface area (Å²) in [6, 6.07) is 10.3. The Hall–Kier alpha value is -2.14. The fourth-order valence-electron chi connectivity index (χ4n) is 5.37. The molecule has 3 fully saturated rings. The Morgan fingerprint density at radius 2 is 1.74 bits per heavy atom. The zero-order valence-corrected chi connectivity index (χ0v) is 15.7. The molecule has 3 aliphatic rings. The number of carbonyl (C=O) groups is 2. The lowest BCUT2D eigenvalue weighted by Gasteiger charge is -2.37. The molecule has 0 spiro atoms. The number of nitrogens with zero attached hydrogens (tertiary/aromatic N) is 1. The topological polar surface area (TPSA) is 64.9 Å². The van der Waals surface area contributed by atoms with Gasteiger partial charge < -0.3 is 19.7 Å². The van der Waals surface area contributed by atoms with Crippen LogP contribution in [0.15, 0.2) is 36.4 Å². The first-order valence-corrected chi connectivity index (χ1v) is 10.2. The van der Waals surface area contributed by atoms with E-state index in [1.807, 2.05) is 23.1 Å². The predicted molar refractivity (Wildman–Crippen MR) is 100 cm³/mol. The van der Waals surface area contributed by atoms with Crippen molar-refractivity contribution in [3.8, 4) is 0 Å². The summed E-state index contributed by atoms with van der Waals surface area (Å²) in [6.45, 7) is 4.23. The Morgan fingerprint density at radius 1 is 1.07 bits per heavy atom. The van der Waals surface area contributed by atoms with Gasteiger partial charge >= 0.3 is 0 Å². The summed E-state index contributed by atoms with van der Waals surface area (Å²) >= 11 is 0. The standard InChI is InChI=1S/C22H28N2O3/c25-21(19-17-8-9-18(15-17)20(19)22(26)27)24-13-11-23(12-14-24)10-4-7-16-5-2-1-3-6-16/h1-7,17-20H,8-15H2,(H,26,27)/b7-4+/t17-,18+,19-,20+/m1/s1. The number of rotatable bonds is 5. The number of quaternary nitrogens is 1. The molecule has 5 heteroatoms. The highest BCUT2D eigenvalue weighted by atomic mass is 16.4. The van der Waals surface area contributed by atoms with Crippen molar-refractivity contribution in [2.75, 3.05) is 32.7 Å². The Morgan fingerprint density at radius 3 is 2.41 bits per heavy atom. The second-order valence-corrected chi connectivity index (χ2v) is 8.30. The molecule has 4 atom stereocenters. The molecule has 0 aromatic heterocycles. The van der Waals surface area contributed by atoms with Crippen molar-refractivity contribution >= 4 is 18.0 Å². The van der Waals surface area contributed by atoms with Crippen molar-refractivity contribution in [1.82, 2.24) is 4.90 Å². The van der Waals surface area contributed by atoms with Gasteiger partial charge in [0.05, 0.1) is 32.7 Å². The smallest absolute Gasteiger partial charge is 0.227 e. The molecule has 1 saturated heterocycles. The summed E-state index contributed by atoms with van der Waals surface area (Å²) in [7, 11) is 0. The minimum absolute atomic E-state index is 0.0651. The van der Waals surface area contributed by atoms with E-state index < -0.39 is 11.9 Å². The van der Waals surface area contributed by atoms with Crippen LogP contribution in [0.3, 0.4) is 0 Å². The summed E-state index contributed by atoms with van der Waals surface area (Å²) < 4.78 is 0. The summed E-state index contributed by atoms with van der Waals surface area (Å²) in [4.78, 5) is 28.0. The van der Waals surface area contributed by atoms with Gasteiger partial charge in [0.25, 0.3) is 0 Å². The molecule has 0 radical (unpaired) electrons. The molecule has 1 aliphatic heterocycles. The molecule has 2 saturated carbocycles. The Kier molecular flexibility index (Phi) is 5.30. The lowest BCUT2D eigenvalue weighted by Crippen LogP contribution is -3.14. The van der Waals surface area contributed by atoms with Crippen LogP contribution in [-0.4, -0.2) is 49.5 Å². The Labute approximate surface area is 160 Å². The van der Waals surface area contributed by atoms with E-state index in [2.05, 4.69) is 24.3 Å². The van der Waals surface area contributed by atoms with Gasteiger partial charge in [0.2, 0.25) is 5.91 Å². The number of nitrogens with one attached hydrogen (secondary N) is 1. The van der Waals surface area contributed by atoms with Crippen molar-refractivity contribution in [3.05, 3.63) is 42.0 Å². The van der Waals surface area contributed by atoms with E-state index >= 15 is 0 Å². The number of hydrogen-bond acceptors (Lipinski definition) is 3. The molecule has 4 rings (SSSR count). The minimum Gasteiger partial charge on any atom is -0.550 e. The van der Waals surface area contributed by atoms with E-state index in [4.69, 9.17) is 0 Å². The number of piperazine rings is 1. The van der Waals surface area contributed by atoms with Crippen molar-refractivity contribution < 1.29 is 19.6 Å². The third-order valence-electron chi connectivity index (χ3n) is 6.77. The van der Waals surface area contributed by atoms with Crippen LogP contribution in [0, 0.1) is 23.7 Å². The molecule has 1 amide bonds. The number of carboxylic acids is 1. The van der Waals surface area contributed by atoms with Crippen LogP contribution in [-0.2, 0) is 9.59 Å². The fraction of sp³-hybridized carbons (Fsp3) is 0.545. The van der Waals surface area contributed by atoms with Crippen LogP contribution in [0.25, 0.3) is 6.08 Å². The van der Waals surface area contributed by atoms with E-state index in [1.54, 1.807) is 0 Å². The number of benzene rings is 1. The Bertz CT molecular complexity index is 710. The van der Waals surface area contributed by atoms with E-state index in [0.717, 1.165) is 52.0 Å². The van der Waals surface area contributed by atoms with Crippen molar-refractivity contribution in [3.63, 3.8) is 0 Å². The van der Waals surface area contributed by atoms with Gasteiger partial charge in [0, 0.05) is 17.8 Å². The Balaban J connectivity index is 1.29. The molecule has 5 nitrogen and oxygen atoms in total. The molecular weight excluding hydrogens is 340 g/mol. The largest absolute Gasteiger partial charge is 0.550 e. The van der Waals surface area contributed by atoms with Crippen LogP contribution in [0.1, 0.15) is 24.8 Å². The quantitative estimate of drug-likeness (QED) is 0.786. The SMILES string of the molecule is O=C([O-])[C@H]1[C@H]2CC[C@H](C2)[C@H]1C(=O)N1CC[NH+](C/C=C/c2ccccc2)CC1. The van der Waals surface area contributed by atoms with Crippen molar-refractivity contribution in [2.24, 2.45) is 23.7 Å². The van der Waals surface area contributed by atoms with E-state index in [9.17, 15) is 14.7 Å². The molecule has 1 heterocycles. The fourth-order valence-corrected chi connectivity index (χ4v) is 5.37. The summed E-state index contributed by atoms with van der Waals surface area (Å²) in [6.07, 6.45) is 7.18. The summed E-state index contributed by atoms with van der Waals surface area (Å²) in [5.41, 5.74) is 1.20. The molecule has 1 N–H and O–H groups in total. The van der Waals surface area contributed by atoms with Gasteiger partial charge in [-0.2, -0.15) is 0 Å². The number of hydrogen-bond donors (Lipinski definition) is 1. The number of fused-ring (bicyclic) bond motifs is 2. The zero-order valence-electron chi connectivity index (χ0n) is 15.7. The van der Waals surface area contributed by atoms with Gasteiger partial charge in [-0.15, -0.1) is 0 Å². The van der Waals surface area contributed by atoms with E-state index in [-0.39, 0.29) is 23.7 Å². The van der Waals surface area contributed by atoms with Crippen molar-refractivity contribution in [2.45, 2.75) is 19.3 Å². The second kappa shape index (κ2) is 7.85. The number of carbonyl (C=O) groups excluding carboxylic acids is 2. The van der Waals surface area contributed by atoms with Crippen LogP contribution in [0.5, 0.6) is 0 Å². The van der Waals surface area contributed by atoms with Gasteiger partial charge in [0.15, 0.2) is 0 Å². The number of amides is 1. The lowest BCUT2D eigenvalue weighted by atomic mass is 9.78. The molecule has 1 aromatic rings. The highest BCUT2D eigenvalue weighted by molar-refractivity contribution is 5.85. The minimum atomic E-state index is -1.02. The normalized spacial score (nSPS) is 30.9. The van der Waals surface area contributed by atoms with Gasteiger partial charge in [-0.1, -0.05) is 36.4 Å². The molecule has 1 aromatic carbocycles. The van der Waals surface area contributed by atoms with Crippen LogP contribution < -0.4 is 10.0 Å². The third kappa shape index (κ3) is 3.79. The van der Waals surface area contributed by atoms with Crippen LogP contribution >= 0.6 is 0 Å². The first kappa shape index (κ1) is 18.2. The average molecular weight is 368 g/mol. The van der Waals surface area contributed by atoms with Gasteiger partial charge in [0.1, 0.15) is 0 Å². The molecule has 2 bridgehead atoms. The van der Waals surface area contributed by atoms with Gasteiger partial charge in [-0.05, 0) is 42.7 Å². The predicted octanol–water partition coefficient (Wildman–Crippen LogP) is -0.161. The lowest BCUT2D eigenvalue weighted by molar-refractivity contribution is -0.898. The molecule has 27 heavy (non-hydrogen) atoms.